The van der Waals surface area contributed by atoms with Crippen LogP contribution in [0.5, 0.6) is 0 Å². The second-order valence-electron chi connectivity index (χ2n) is 5.15. The van der Waals surface area contributed by atoms with E-state index in [0.717, 1.165) is 0 Å². The van der Waals surface area contributed by atoms with Crippen molar-refractivity contribution in [1.29, 1.82) is 0 Å². The SMILES string of the molecule is C[C@H](NC(=O)[C@@H](C)OC(=O)C1=COCCO1)c1ccc(Cl)cc1Cl. The molecule has 1 N–H and O–H groups in total. The predicted octanol–water partition coefficient (Wildman–Crippen LogP) is 2.99. The number of hydrogen-bond donors (Lipinski definition) is 1. The van der Waals surface area contributed by atoms with Gasteiger partial charge in [0.05, 0.1) is 6.04 Å². The number of benzene rings is 1. The molecule has 0 saturated carbocycles. The Morgan fingerprint density at radius 3 is 2.62 bits per heavy atom. The van der Waals surface area contributed by atoms with E-state index in [2.05, 4.69) is 5.32 Å². The lowest BCUT2D eigenvalue weighted by molar-refractivity contribution is -0.155. The summed E-state index contributed by atoms with van der Waals surface area (Å²) in [5.74, 6) is -1.27. The Bertz CT molecular complexity index is 662. The largest absolute Gasteiger partial charge is 0.493 e. The van der Waals surface area contributed by atoms with Crippen LogP contribution in [0.25, 0.3) is 0 Å². The summed E-state index contributed by atoms with van der Waals surface area (Å²) < 4.78 is 15.1. The summed E-state index contributed by atoms with van der Waals surface area (Å²) in [5.41, 5.74) is 0.708. The monoisotopic (exact) mass is 373 g/mol. The molecular weight excluding hydrogens is 357 g/mol. The van der Waals surface area contributed by atoms with E-state index in [-0.39, 0.29) is 18.4 Å². The van der Waals surface area contributed by atoms with E-state index < -0.39 is 18.0 Å². The van der Waals surface area contributed by atoms with Gasteiger partial charge in [0.1, 0.15) is 19.5 Å². The first-order valence-corrected chi connectivity index (χ1v) is 8.05. The summed E-state index contributed by atoms with van der Waals surface area (Å²) >= 11 is 12.0. The van der Waals surface area contributed by atoms with Gasteiger partial charge in [-0.1, -0.05) is 29.3 Å². The Kier molecular flexibility index (Phi) is 6.34. The second kappa shape index (κ2) is 8.26. The van der Waals surface area contributed by atoms with E-state index in [1.807, 2.05) is 0 Å². The molecule has 0 saturated heterocycles. The lowest BCUT2D eigenvalue weighted by Crippen LogP contribution is -2.38. The van der Waals surface area contributed by atoms with Crippen molar-refractivity contribution in [2.75, 3.05) is 13.2 Å². The fraction of sp³-hybridized carbons (Fsp3) is 0.375. The number of ether oxygens (including phenoxy) is 3. The Morgan fingerprint density at radius 2 is 2.00 bits per heavy atom. The number of carbonyl (C=O) groups excluding carboxylic acids is 2. The van der Waals surface area contributed by atoms with Crippen molar-refractivity contribution in [3.8, 4) is 0 Å². The van der Waals surface area contributed by atoms with Gasteiger partial charge in [0, 0.05) is 10.0 Å². The highest BCUT2D eigenvalue weighted by molar-refractivity contribution is 6.35. The van der Waals surface area contributed by atoms with Crippen LogP contribution < -0.4 is 5.32 Å². The van der Waals surface area contributed by atoms with Crippen LogP contribution in [-0.4, -0.2) is 31.2 Å². The molecular formula is C16H17Cl2NO5. The van der Waals surface area contributed by atoms with Crippen LogP contribution in [0, 0.1) is 0 Å². The molecule has 1 aliphatic heterocycles. The van der Waals surface area contributed by atoms with Gasteiger partial charge in [-0.3, -0.25) is 4.79 Å². The summed E-state index contributed by atoms with van der Waals surface area (Å²) in [6, 6.07) is 4.63. The molecule has 1 aromatic rings. The van der Waals surface area contributed by atoms with Crippen LogP contribution >= 0.6 is 23.2 Å². The molecule has 1 aliphatic rings. The molecule has 24 heavy (non-hydrogen) atoms. The number of hydrogen-bond acceptors (Lipinski definition) is 5. The third-order valence-electron chi connectivity index (χ3n) is 3.29. The first-order chi connectivity index (χ1) is 11.4. The van der Waals surface area contributed by atoms with E-state index in [4.69, 9.17) is 37.4 Å². The fourth-order valence-corrected chi connectivity index (χ4v) is 2.58. The minimum Gasteiger partial charge on any atom is -0.493 e. The van der Waals surface area contributed by atoms with Crippen LogP contribution in [-0.2, 0) is 23.8 Å². The Balaban J connectivity index is 1.93. The molecule has 1 heterocycles. The molecule has 0 unspecified atom stereocenters. The van der Waals surface area contributed by atoms with Gasteiger partial charge in [-0.05, 0) is 31.5 Å². The normalized spacial score (nSPS) is 16.1. The molecule has 0 fully saturated rings. The Labute approximate surface area is 149 Å². The first-order valence-electron chi connectivity index (χ1n) is 7.29. The molecule has 2 atom stereocenters. The molecule has 0 radical (unpaired) electrons. The molecule has 1 aromatic carbocycles. The van der Waals surface area contributed by atoms with Crippen molar-refractivity contribution in [2.45, 2.75) is 26.0 Å². The average molecular weight is 374 g/mol. The fourth-order valence-electron chi connectivity index (χ4n) is 2.01. The summed E-state index contributed by atoms with van der Waals surface area (Å²) in [4.78, 5) is 24.0. The van der Waals surface area contributed by atoms with Crippen molar-refractivity contribution in [1.82, 2.24) is 5.32 Å². The number of halogens is 2. The smallest absolute Gasteiger partial charge is 0.377 e. The van der Waals surface area contributed by atoms with E-state index in [9.17, 15) is 9.59 Å². The maximum atomic E-state index is 12.2. The minimum atomic E-state index is -1.00. The topological polar surface area (TPSA) is 73.9 Å². The third-order valence-corrected chi connectivity index (χ3v) is 3.85. The van der Waals surface area contributed by atoms with Gasteiger partial charge < -0.3 is 19.5 Å². The Morgan fingerprint density at radius 1 is 1.25 bits per heavy atom. The van der Waals surface area contributed by atoms with E-state index in [1.165, 1.54) is 13.2 Å². The number of nitrogens with one attached hydrogen (secondary N) is 1. The van der Waals surface area contributed by atoms with Gasteiger partial charge in [0.2, 0.25) is 5.76 Å². The third kappa shape index (κ3) is 4.79. The summed E-state index contributed by atoms with van der Waals surface area (Å²) in [6.07, 6.45) is 0.171. The lowest BCUT2D eigenvalue weighted by Gasteiger charge is -2.20. The lowest BCUT2D eigenvalue weighted by atomic mass is 10.1. The van der Waals surface area contributed by atoms with Gasteiger partial charge in [-0.15, -0.1) is 0 Å². The van der Waals surface area contributed by atoms with Crippen molar-refractivity contribution < 1.29 is 23.8 Å². The first kappa shape index (κ1) is 18.4. The van der Waals surface area contributed by atoms with Crippen molar-refractivity contribution in [3.63, 3.8) is 0 Å². The quantitative estimate of drug-likeness (QED) is 0.803. The predicted molar refractivity (Wildman–Crippen MR) is 88.6 cm³/mol. The number of amides is 1. The van der Waals surface area contributed by atoms with Crippen LogP contribution in [0.3, 0.4) is 0 Å². The number of esters is 1. The van der Waals surface area contributed by atoms with Crippen molar-refractivity contribution in [2.24, 2.45) is 0 Å². The molecule has 2 rings (SSSR count). The van der Waals surface area contributed by atoms with Gasteiger partial charge in [-0.2, -0.15) is 0 Å². The highest BCUT2D eigenvalue weighted by Gasteiger charge is 2.24. The van der Waals surface area contributed by atoms with E-state index >= 15 is 0 Å². The molecule has 0 spiro atoms. The number of rotatable bonds is 5. The summed E-state index contributed by atoms with van der Waals surface area (Å²) in [6.45, 7) is 3.86. The highest BCUT2D eigenvalue weighted by Crippen LogP contribution is 2.26. The molecule has 8 heteroatoms. The summed E-state index contributed by atoms with van der Waals surface area (Å²) in [5, 5.41) is 3.68. The van der Waals surface area contributed by atoms with Gasteiger partial charge in [0.25, 0.3) is 5.91 Å². The molecule has 130 valence electrons. The standard InChI is InChI=1S/C16H17Cl2NO5/c1-9(12-4-3-11(17)7-13(12)18)19-15(20)10(2)24-16(21)14-8-22-5-6-23-14/h3-4,7-10H,5-6H2,1-2H3,(H,19,20)/t9-,10+/m0/s1. The number of carbonyl (C=O) groups is 2. The molecule has 0 aliphatic carbocycles. The van der Waals surface area contributed by atoms with Gasteiger partial charge in [0.15, 0.2) is 6.10 Å². The van der Waals surface area contributed by atoms with E-state index in [1.54, 1.807) is 25.1 Å². The summed E-state index contributed by atoms with van der Waals surface area (Å²) in [7, 11) is 0. The highest BCUT2D eigenvalue weighted by atomic mass is 35.5. The zero-order valence-electron chi connectivity index (χ0n) is 13.2. The van der Waals surface area contributed by atoms with Crippen molar-refractivity contribution >= 4 is 35.1 Å². The molecule has 6 nitrogen and oxygen atoms in total. The van der Waals surface area contributed by atoms with Crippen LogP contribution in [0.4, 0.5) is 0 Å². The minimum absolute atomic E-state index is 0.0605. The zero-order chi connectivity index (χ0) is 17.7. The van der Waals surface area contributed by atoms with Crippen LogP contribution in [0.2, 0.25) is 10.0 Å². The maximum absolute atomic E-state index is 12.2. The maximum Gasteiger partial charge on any atom is 0.377 e. The molecule has 1 amide bonds. The van der Waals surface area contributed by atoms with Gasteiger partial charge >= 0.3 is 5.97 Å². The molecule has 0 bridgehead atoms. The van der Waals surface area contributed by atoms with Crippen LogP contribution in [0.15, 0.2) is 30.2 Å². The zero-order valence-corrected chi connectivity index (χ0v) is 14.7. The average Bonchev–Trinajstić information content (AvgIpc) is 2.55. The van der Waals surface area contributed by atoms with Crippen LogP contribution in [0.1, 0.15) is 25.5 Å². The van der Waals surface area contributed by atoms with Gasteiger partial charge in [-0.25, -0.2) is 4.79 Å². The second-order valence-corrected chi connectivity index (χ2v) is 5.99. The van der Waals surface area contributed by atoms with E-state index in [0.29, 0.717) is 22.2 Å². The Hall–Kier alpha value is -1.92. The molecule has 0 aromatic heterocycles. The van der Waals surface area contributed by atoms with Crippen molar-refractivity contribution in [3.05, 3.63) is 45.8 Å².